The lowest BCUT2D eigenvalue weighted by Crippen LogP contribution is -2.50. The van der Waals surface area contributed by atoms with Crippen LogP contribution >= 0.6 is 0 Å². The Morgan fingerprint density at radius 2 is 1.95 bits per heavy atom. The summed E-state index contributed by atoms with van der Waals surface area (Å²) >= 11 is 0. The van der Waals surface area contributed by atoms with Crippen molar-refractivity contribution >= 4 is 5.91 Å². The summed E-state index contributed by atoms with van der Waals surface area (Å²) in [5, 5.41) is 12.5. The molecule has 1 N–H and O–H groups in total. The first kappa shape index (κ1) is 15.6. The molecular formula is C18H24N2O. The van der Waals surface area contributed by atoms with E-state index < -0.39 is 5.54 Å². The molecule has 1 fully saturated rings. The molecule has 3 heteroatoms. The number of carbonyl (C=O) groups is 1. The third kappa shape index (κ3) is 4.07. The van der Waals surface area contributed by atoms with Gasteiger partial charge in [0.05, 0.1) is 12.5 Å². The SMILES string of the molecule is CCC1CCC(C#N)(NC(=O)Cc2ccc(C)cc2)CC1. The molecule has 0 bridgehead atoms. The highest BCUT2D eigenvalue weighted by molar-refractivity contribution is 5.79. The van der Waals surface area contributed by atoms with Crippen molar-refractivity contribution < 1.29 is 4.79 Å². The lowest BCUT2D eigenvalue weighted by atomic mass is 9.76. The topological polar surface area (TPSA) is 52.9 Å². The highest BCUT2D eigenvalue weighted by Gasteiger charge is 2.36. The lowest BCUT2D eigenvalue weighted by molar-refractivity contribution is -0.122. The molecule has 21 heavy (non-hydrogen) atoms. The second-order valence-electron chi connectivity index (χ2n) is 6.26. The van der Waals surface area contributed by atoms with Crippen LogP contribution in [0.1, 0.15) is 50.2 Å². The Hall–Kier alpha value is -1.82. The van der Waals surface area contributed by atoms with E-state index in [1.807, 2.05) is 31.2 Å². The highest BCUT2D eigenvalue weighted by atomic mass is 16.1. The van der Waals surface area contributed by atoms with E-state index in [9.17, 15) is 10.1 Å². The second kappa shape index (κ2) is 6.76. The maximum absolute atomic E-state index is 12.2. The molecule has 0 heterocycles. The van der Waals surface area contributed by atoms with E-state index in [0.717, 1.165) is 31.2 Å². The summed E-state index contributed by atoms with van der Waals surface area (Å²) in [5.41, 5.74) is 1.53. The third-order valence-corrected chi connectivity index (χ3v) is 4.61. The van der Waals surface area contributed by atoms with Gasteiger partial charge in [0.25, 0.3) is 0 Å². The van der Waals surface area contributed by atoms with E-state index in [0.29, 0.717) is 12.3 Å². The molecule has 1 aromatic rings. The van der Waals surface area contributed by atoms with E-state index in [2.05, 4.69) is 18.3 Å². The van der Waals surface area contributed by atoms with Gasteiger partial charge in [-0.3, -0.25) is 4.79 Å². The van der Waals surface area contributed by atoms with Crippen molar-refractivity contribution in [2.45, 2.75) is 57.9 Å². The molecule has 1 amide bonds. The summed E-state index contributed by atoms with van der Waals surface area (Å²) in [6.45, 7) is 4.22. The van der Waals surface area contributed by atoms with Gasteiger partial charge in [-0.25, -0.2) is 0 Å². The number of carbonyl (C=O) groups excluding carboxylic acids is 1. The third-order valence-electron chi connectivity index (χ3n) is 4.61. The van der Waals surface area contributed by atoms with Gasteiger partial charge in [0.2, 0.25) is 5.91 Å². The number of aryl methyl sites for hydroxylation is 1. The lowest BCUT2D eigenvalue weighted by Gasteiger charge is -2.35. The van der Waals surface area contributed by atoms with Crippen molar-refractivity contribution in [2.24, 2.45) is 5.92 Å². The van der Waals surface area contributed by atoms with Crippen LogP contribution in [0.25, 0.3) is 0 Å². The Labute approximate surface area is 127 Å². The quantitative estimate of drug-likeness (QED) is 0.919. The Bertz CT molecular complexity index is 519. The molecule has 0 saturated heterocycles. The van der Waals surface area contributed by atoms with Crippen molar-refractivity contribution in [1.82, 2.24) is 5.32 Å². The van der Waals surface area contributed by atoms with Gasteiger partial charge in [-0.05, 0) is 44.1 Å². The van der Waals surface area contributed by atoms with Crippen molar-refractivity contribution in [3.63, 3.8) is 0 Å². The molecule has 0 unspecified atom stereocenters. The summed E-state index contributed by atoms with van der Waals surface area (Å²) in [5.74, 6) is 0.663. The fourth-order valence-electron chi connectivity index (χ4n) is 3.05. The Kier molecular flexibility index (Phi) is 5.01. The summed E-state index contributed by atoms with van der Waals surface area (Å²) < 4.78 is 0. The molecule has 1 aliphatic rings. The average Bonchev–Trinajstić information content (AvgIpc) is 2.50. The van der Waals surface area contributed by atoms with Gasteiger partial charge in [0.1, 0.15) is 5.54 Å². The Morgan fingerprint density at radius 1 is 1.33 bits per heavy atom. The zero-order chi connectivity index (χ0) is 15.3. The van der Waals surface area contributed by atoms with E-state index in [-0.39, 0.29) is 5.91 Å². The van der Waals surface area contributed by atoms with Gasteiger partial charge < -0.3 is 5.32 Å². The summed E-state index contributed by atoms with van der Waals surface area (Å²) in [4.78, 5) is 12.2. The minimum Gasteiger partial charge on any atom is -0.338 e. The van der Waals surface area contributed by atoms with Crippen molar-refractivity contribution in [3.8, 4) is 6.07 Å². The predicted molar refractivity (Wildman–Crippen MR) is 83.6 cm³/mol. The van der Waals surface area contributed by atoms with Crippen LogP contribution in [0, 0.1) is 24.2 Å². The molecule has 0 aliphatic heterocycles. The number of amides is 1. The van der Waals surface area contributed by atoms with E-state index in [1.54, 1.807) is 0 Å². The standard InChI is InChI=1S/C18H24N2O/c1-3-15-8-10-18(13-19,11-9-15)20-17(21)12-16-6-4-14(2)5-7-16/h4-7,15H,3,8-12H2,1-2H3,(H,20,21). The van der Waals surface area contributed by atoms with Crippen LogP contribution in [-0.2, 0) is 11.2 Å². The zero-order valence-electron chi connectivity index (χ0n) is 13.0. The first-order chi connectivity index (χ1) is 10.1. The minimum absolute atomic E-state index is 0.0460. The number of hydrogen-bond donors (Lipinski definition) is 1. The molecular weight excluding hydrogens is 260 g/mol. The van der Waals surface area contributed by atoms with Crippen LogP contribution in [0.5, 0.6) is 0 Å². The number of nitrogens with one attached hydrogen (secondary N) is 1. The average molecular weight is 284 g/mol. The minimum atomic E-state index is -0.645. The van der Waals surface area contributed by atoms with Crippen LogP contribution in [0.15, 0.2) is 24.3 Å². The molecule has 0 spiro atoms. The monoisotopic (exact) mass is 284 g/mol. The number of nitrogens with zero attached hydrogens (tertiary/aromatic N) is 1. The van der Waals surface area contributed by atoms with Gasteiger partial charge in [-0.1, -0.05) is 43.2 Å². The van der Waals surface area contributed by atoms with Crippen LogP contribution < -0.4 is 5.32 Å². The Balaban J connectivity index is 1.94. The molecule has 3 nitrogen and oxygen atoms in total. The van der Waals surface area contributed by atoms with Gasteiger partial charge in [0, 0.05) is 0 Å². The van der Waals surface area contributed by atoms with E-state index in [1.165, 1.54) is 12.0 Å². The number of rotatable bonds is 4. The first-order valence-electron chi connectivity index (χ1n) is 7.85. The van der Waals surface area contributed by atoms with Crippen LogP contribution in [0.3, 0.4) is 0 Å². The van der Waals surface area contributed by atoms with Gasteiger partial charge >= 0.3 is 0 Å². The molecule has 0 aromatic heterocycles. The maximum atomic E-state index is 12.2. The number of nitriles is 1. The highest BCUT2D eigenvalue weighted by Crippen LogP contribution is 2.33. The van der Waals surface area contributed by atoms with Crippen LogP contribution in [0.4, 0.5) is 0 Å². The largest absolute Gasteiger partial charge is 0.338 e. The molecule has 0 radical (unpaired) electrons. The van der Waals surface area contributed by atoms with Gasteiger partial charge in [-0.15, -0.1) is 0 Å². The number of benzene rings is 1. The Morgan fingerprint density at radius 3 is 2.48 bits per heavy atom. The fraction of sp³-hybridized carbons (Fsp3) is 0.556. The zero-order valence-corrected chi connectivity index (χ0v) is 13.0. The fourth-order valence-corrected chi connectivity index (χ4v) is 3.05. The van der Waals surface area contributed by atoms with Crippen molar-refractivity contribution in [1.29, 1.82) is 5.26 Å². The maximum Gasteiger partial charge on any atom is 0.225 e. The summed E-state index contributed by atoms with van der Waals surface area (Å²) in [6, 6.07) is 10.3. The van der Waals surface area contributed by atoms with Crippen molar-refractivity contribution in [3.05, 3.63) is 35.4 Å². The molecule has 0 atom stereocenters. The van der Waals surface area contributed by atoms with Crippen LogP contribution in [-0.4, -0.2) is 11.4 Å². The van der Waals surface area contributed by atoms with E-state index in [4.69, 9.17) is 0 Å². The smallest absolute Gasteiger partial charge is 0.225 e. The second-order valence-corrected chi connectivity index (χ2v) is 6.26. The molecule has 1 saturated carbocycles. The van der Waals surface area contributed by atoms with Gasteiger partial charge in [-0.2, -0.15) is 5.26 Å². The predicted octanol–water partition coefficient (Wildman–Crippen LogP) is 3.52. The molecule has 112 valence electrons. The summed E-state index contributed by atoms with van der Waals surface area (Å²) in [6.07, 6.45) is 5.15. The molecule has 1 aromatic carbocycles. The summed E-state index contributed by atoms with van der Waals surface area (Å²) in [7, 11) is 0. The number of hydrogen-bond acceptors (Lipinski definition) is 2. The van der Waals surface area contributed by atoms with Crippen molar-refractivity contribution in [2.75, 3.05) is 0 Å². The van der Waals surface area contributed by atoms with Crippen LogP contribution in [0.2, 0.25) is 0 Å². The van der Waals surface area contributed by atoms with Gasteiger partial charge in [0.15, 0.2) is 0 Å². The molecule has 1 aliphatic carbocycles. The first-order valence-corrected chi connectivity index (χ1v) is 7.85. The van der Waals surface area contributed by atoms with E-state index >= 15 is 0 Å². The normalized spacial score (nSPS) is 25.1. The molecule has 2 rings (SSSR count).